The molecule has 0 radical (unpaired) electrons. The molecule has 2 aliphatic heterocycles. The number of pyridine rings is 2. The van der Waals surface area contributed by atoms with Crippen LogP contribution in [-0.4, -0.2) is 54.1 Å². The van der Waals surface area contributed by atoms with E-state index < -0.39 is 0 Å². The van der Waals surface area contributed by atoms with Crippen molar-refractivity contribution < 1.29 is 14.3 Å². The summed E-state index contributed by atoms with van der Waals surface area (Å²) in [4.78, 5) is 32.7. The highest BCUT2D eigenvalue weighted by Gasteiger charge is 2.22. The summed E-state index contributed by atoms with van der Waals surface area (Å²) < 4.78 is 5.65. The Morgan fingerprint density at radius 1 is 0.720 bits per heavy atom. The Labute approximate surface area is 301 Å². The molecule has 0 saturated carbocycles. The van der Waals surface area contributed by atoms with Gasteiger partial charge >= 0.3 is 0 Å². The maximum Gasteiger partial charge on any atom is 0.220 e. The highest BCUT2D eigenvalue weighted by Crippen LogP contribution is 2.42. The molecule has 0 unspecified atom stereocenters. The summed E-state index contributed by atoms with van der Waals surface area (Å²) in [5.74, 6) is 0.743. The number of carbonyl (C=O) groups is 2. The van der Waals surface area contributed by atoms with Crippen LogP contribution in [-0.2, 0) is 22.7 Å². The van der Waals surface area contributed by atoms with E-state index in [-0.39, 0.29) is 23.9 Å². The lowest BCUT2D eigenvalue weighted by atomic mass is 9.98. The highest BCUT2D eigenvalue weighted by molar-refractivity contribution is 6.39. The van der Waals surface area contributed by atoms with Crippen molar-refractivity contribution >= 4 is 45.9 Å². The second-order valence-electron chi connectivity index (χ2n) is 12.8. The van der Waals surface area contributed by atoms with Gasteiger partial charge in [0.25, 0.3) is 0 Å². The predicted octanol–water partition coefficient (Wildman–Crippen LogP) is 6.68. The van der Waals surface area contributed by atoms with Crippen LogP contribution in [0.2, 0.25) is 10.0 Å². The van der Waals surface area contributed by atoms with Gasteiger partial charge in [0.05, 0.1) is 34.1 Å². The molecule has 2 saturated heterocycles. The predicted molar refractivity (Wildman–Crippen MR) is 198 cm³/mol. The average Bonchev–Trinajstić information content (AvgIpc) is 3.75. The molecule has 2 amide bonds. The van der Waals surface area contributed by atoms with Gasteiger partial charge in [0.2, 0.25) is 17.7 Å². The molecular formula is C39H38Cl2N6O3. The van der Waals surface area contributed by atoms with Gasteiger partial charge in [-0.15, -0.1) is 0 Å². The Morgan fingerprint density at radius 2 is 1.30 bits per heavy atom. The Kier molecular flexibility index (Phi) is 10.3. The third kappa shape index (κ3) is 7.46. The first-order valence-corrected chi connectivity index (χ1v) is 17.6. The van der Waals surface area contributed by atoms with Crippen molar-refractivity contribution in [3.05, 3.63) is 100 Å². The van der Waals surface area contributed by atoms with Gasteiger partial charge < -0.3 is 26.0 Å². The van der Waals surface area contributed by atoms with E-state index in [4.69, 9.17) is 37.9 Å². The topological polar surface area (TPSA) is 117 Å². The van der Waals surface area contributed by atoms with Crippen LogP contribution in [0.5, 0.6) is 5.88 Å². The van der Waals surface area contributed by atoms with Crippen LogP contribution < -0.4 is 26.0 Å². The summed E-state index contributed by atoms with van der Waals surface area (Å²) in [5.41, 5.74) is 7.55. The summed E-state index contributed by atoms with van der Waals surface area (Å²) in [6.07, 6.45) is 2.90. The van der Waals surface area contributed by atoms with Crippen LogP contribution in [0.1, 0.15) is 36.8 Å². The Hall–Kier alpha value is -4.54. The third-order valence-electron chi connectivity index (χ3n) is 9.32. The molecule has 4 N–H and O–H groups in total. The molecule has 2 atom stereocenters. The maximum absolute atomic E-state index is 11.5. The SMILES string of the molecule is COc1nc(-c2cccc(-c3cccc(-c4ccc5cc(CNC[C@H]6CCC(=O)N6)ccc5n4)c3Cl)c2Cl)ccc1CNC[C@H]1CCC(=O)N1. The van der Waals surface area contributed by atoms with Crippen molar-refractivity contribution in [1.29, 1.82) is 0 Å². The van der Waals surface area contributed by atoms with E-state index in [0.29, 0.717) is 54.1 Å². The van der Waals surface area contributed by atoms with Crippen LogP contribution >= 0.6 is 23.2 Å². The minimum atomic E-state index is 0.102. The molecule has 0 spiro atoms. The van der Waals surface area contributed by atoms with E-state index in [1.54, 1.807) is 7.11 Å². The van der Waals surface area contributed by atoms with Gasteiger partial charge in [0, 0.05) is 84.3 Å². The normalized spacial score (nSPS) is 17.3. The number of methoxy groups -OCH3 is 1. The molecule has 4 heterocycles. The molecule has 3 aromatic carbocycles. The van der Waals surface area contributed by atoms with E-state index in [2.05, 4.69) is 39.5 Å². The number of carbonyl (C=O) groups excluding carboxylic acids is 2. The lowest BCUT2D eigenvalue weighted by molar-refractivity contribution is -0.120. The van der Waals surface area contributed by atoms with E-state index in [1.165, 1.54) is 0 Å². The highest BCUT2D eigenvalue weighted by atomic mass is 35.5. The molecule has 50 heavy (non-hydrogen) atoms. The van der Waals surface area contributed by atoms with Gasteiger partial charge in [-0.1, -0.05) is 77.8 Å². The van der Waals surface area contributed by atoms with Crippen molar-refractivity contribution in [2.45, 2.75) is 50.9 Å². The average molecular weight is 710 g/mol. The number of hydrogen-bond donors (Lipinski definition) is 4. The fourth-order valence-electron chi connectivity index (χ4n) is 6.67. The van der Waals surface area contributed by atoms with Crippen molar-refractivity contribution in [1.82, 2.24) is 31.2 Å². The molecule has 7 rings (SSSR count). The Morgan fingerprint density at radius 3 is 1.90 bits per heavy atom. The first-order chi connectivity index (χ1) is 24.4. The molecule has 9 nitrogen and oxygen atoms in total. The van der Waals surface area contributed by atoms with Crippen LogP contribution in [0.15, 0.2) is 78.9 Å². The quantitative estimate of drug-likeness (QED) is 0.114. The van der Waals surface area contributed by atoms with Crippen LogP contribution in [0, 0.1) is 0 Å². The number of rotatable bonds is 12. The summed E-state index contributed by atoms with van der Waals surface area (Å²) in [5, 5.41) is 15.0. The maximum atomic E-state index is 11.5. The molecule has 5 aromatic rings. The number of ether oxygens (including phenoxy) is 1. The second kappa shape index (κ2) is 15.1. The summed E-state index contributed by atoms with van der Waals surface area (Å²) >= 11 is 14.2. The van der Waals surface area contributed by atoms with Crippen molar-refractivity contribution in [3.63, 3.8) is 0 Å². The number of aromatic nitrogens is 2. The largest absolute Gasteiger partial charge is 0.481 e. The number of hydrogen-bond acceptors (Lipinski definition) is 7. The minimum absolute atomic E-state index is 0.102. The summed E-state index contributed by atoms with van der Waals surface area (Å²) in [7, 11) is 1.61. The number of benzene rings is 3. The van der Waals surface area contributed by atoms with Crippen LogP contribution in [0.4, 0.5) is 0 Å². The number of nitrogens with zero attached hydrogens (tertiary/aromatic N) is 2. The lowest BCUT2D eigenvalue weighted by Gasteiger charge is -2.16. The van der Waals surface area contributed by atoms with Crippen LogP contribution in [0.25, 0.3) is 44.5 Å². The molecular weight excluding hydrogens is 671 g/mol. The molecule has 2 aliphatic rings. The van der Waals surface area contributed by atoms with Gasteiger partial charge in [-0.05, 0) is 42.7 Å². The van der Waals surface area contributed by atoms with E-state index in [9.17, 15) is 9.59 Å². The molecule has 0 bridgehead atoms. The standard InChI is InChI=1S/C39H38Cl2N6O3/c1-50-39-25(20-43-22-27-12-17-36(49)45-27)10-15-34(47-39)31-7-3-5-29(38(31)41)28-4-2-6-30(37(28)40)33-14-9-24-18-23(8-13-32(24)46-33)19-42-21-26-11-16-35(48)44-26/h2-10,13-15,18,26-27,42-43H,11-12,16-17,19-22H2,1H3,(H,44,48)(H,45,49)/t26-,27-/m1/s1. The van der Waals surface area contributed by atoms with Gasteiger partial charge in [-0.2, -0.15) is 0 Å². The fourth-order valence-corrected chi connectivity index (χ4v) is 7.32. The summed E-state index contributed by atoms with van der Waals surface area (Å²) in [6.45, 7) is 2.70. The Balaban J connectivity index is 1.08. The third-order valence-corrected chi connectivity index (χ3v) is 10.1. The smallest absolute Gasteiger partial charge is 0.220 e. The van der Waals surface area contributed by atoms with E-state index in [1.807, 2.05) is 60.7 Å². The number of amides is 2. The molecule has 256 valence electrons. The fraction of sp³-hybridized carbons (Fsp3) is 0.282. The van der Waals surface area contributed by atoms with E-state index in [0.717, 1.165) is 69.4 Å². The van der Waals surface area contributed by atoms with Gasteiger partial charge in [-0.3, -0.25) is 9.59 Å². The van der Waals surface area contributed by atoms with Gasteiger partial charge in [0.1, 0.15) is 0 Å². The second-order valence-corrected chi connectivity index (χ2v) is 13.5. The molecule has 11 heteroatoms. The minimum Gasteiger partial charge on any atom is -0.481 e. The number of halogens is 2. The zero-order valence-corrected chi connectivity index (χ0v) is 29.2. The van der Waals surface area contributed by atoms with Gasteiger partial charge in [-0.25, -0.2) is 9.97 Å². The Bertz CT molecular complexity index is 2070. The summed E-state index contributed by atoms with van der Waals surface area (Å²) in [6, 6.07) is 26.3. The first-order valence-electron chi connectivity index (χ1n) is 16.9. The van der Waals surface area contributed by atoms with Crippen LogP contribution in [0.3, 0.4) is 0 Å². The van der Waals surface area contributed by atoms with Gasteiger partial charge in [0.15, 0.2) is 0 Å². The van der Waals surface area contributed by atoms with Crippen molar-refractivity contribution in [2.24, 2.45) is 0 Å². The monoisotopic (exact) mass is 708 g/mol. The first kappa shape index (κ1) is 33.9. The van der Waals surface area contributed by atoms with Crippen molar-refractivity contribution in [3.8, 4) is 39.5 Å². The molecule has 2 fully saturated rings. The zero-order valence-electron chi connectivity index (χ0n) is 27.7. The van der Waals surface area contributed by atoms with Crippen molar-refractivity contribution in [2.75, 3.05) is 20.2 Å². The molecule has 0 aliphatic carbocycles. The number of fused-ring (bicyclic) bond motifs is 1. The lowest BCUT2D eigenvalue weighted by Crippen LogP contribution is -2.35. The number of nitrogens with one attached hydrogen (secondary N) is 4. The zero-order chi connectivity index (χ0) is 34.6. The molecule has 2 aromatic heterocycles. The van der Waals surface area contributed by atoms with E-state index >= 15 is 0 Å².